The van der Waals surface area contributed by atoms with Gasteiger partial charge in [-0.25, -0.2) is 14.2 Å². The maximum atomic E-state index is 13.0. The normalized spacial score (nSPS) is 12.0. The van der Waals surface area contributed by atoms with Gasteiger partial charge in [0, 0.05) is 12.2 Å². The molecule has 1 unspecified atom stereocenters. The molecule has 2 N–H and O–H groups in total. The number of pyridine rings is 1. The summed E-state index contributed by atoms with van der Waals surface area (Å²) in [5.41, 5.74) is 1.11. The molecule has 0 bridgehead atoms. The average Bonchev–Trinajstić information content (AvgIpc) is 2.56. The summed E-state index contributed by atoms with van der Waals surface area (Å²) in [4.78, 5) is 26.9. The molecular formula is C18H19FN2O3. The highest BCUT2D eigenvalue weighted by Crippen LogP contribution is 2.12. The second kappa shape index (κ2) is 7.68. The topological polar surface area (TPSA) is 79.3 Å². The first kappa shape index (κ1) is 17.6. The lowest BCUT2D eigenvalue weighted by molar-refractivity contribution is 0.0689. The average molecular weight is 330 g/mol. The largest absolute Gasteiger partial charge is 0.477 e. The summed E-state index contributed by atoms with van der Waals surface area (Å²) in [5.74, 6) is -1.59. The quantitative estimate of drug-likeness (QED) is 0.853. The third-order valence-corrected chi connectivity index (χ3v) is 3.73. The highest BCUT2D eigenvalue weighted by atomic mass is 19.1. The van der Waals surface area contributed by atoms with Crippen LogP contribution in [0.1, 0.15) is 40.3 Å². The van der Waals surface area contributed by atoms with Crippen LogP contribution in [0.4, 0.5) is 4.39 Å². The number of amides is 1. The zero-order valence-electron chi connectivity index (χ0n) is 13.5. The zero-order valence-corrected chi connectivity index (χ0v) is 13.5. The van der Waals surface area contributed by atoms with Crippen molar-refractivity contribution in [1.82, 2.24) is 10.3 Å². The summed E-state index contributed by atoms with van der Waals surface area (Å²) in [7, 11) is 0. The molecule has 1 heterocycles. The summed E-state index contributed by atoms with van der Waals surface area (Å²) in [6.07, 6.45) is 1.82. The molecule has 2 rings (SSSR count). The van der Waals surface area contributed by atoms with E-state index in [-0.39, 0.29) is 29.4 Å². The minimum absolute atomic E-state index is 0.113. The van der Waals surface area contributed by atoms with Crippen molar-refractivity contribution in [3.05, 3.63) is 65.2 Å². The highest BCUT2D eigenvalue weighted by Gasteiger charge is 2.18. The summed E-state index contributed by atoms with van der Waals surface area (Å²) in [6, 6.07) is 8.76. The van der Waals surface area contributed by atoms with Gasteiger partial charge >= 0.3 is 5.97 Å². The second-order valence-corrected chi connectivity index (χ2v) is 5.89. The minimum atomic E-state index is -1.14. The second-order valence-electron chi connectivity index (χ2n) is 5.89. The number of carbonyl (C=O) groups excluding carboxylic acids is 1. The molecule has 1 aromatic heterocycles. The van der Waals surface area contributed by atoms with E-state index in [0.717, 1.165) is 5.56 Å². The maximum absolute atomic E-state index is 13.0. The molecule has 24 heavy (non-hydrogen) atoms. The molecule has 2 aromatic rings. The predicted octanol–water partition coefficient (Wildman–Crippen LogP) is 2.92. The third-order valence-electron chi connectivity index (χ3n) is 3.73. The van der Waals surface area contributed by atoms with Gasteiger partial charge in [-0.05, 0) is 42.2 Å². The van der Waals surface area contributed by atoms with Crippen molar-refractivity contribution in [2.24, 2.45) is 5.92 Å². The fourth-order valence-corrected chi connectivity index (χ4v) is 2.23. The summed E-state index contributed by atoms with van der Waals surface area (Å²) in [5, 5.41) is 11.8. The molecule has 6 heteroatoms. The van der Waals surface area contributed by atoms with Crippen molar-refractivity contribution in [3.63, 3.8) is 0 Å². The lowest BCUT2D eigenvalue weighted by Gasteiger charge is -2.22. The smallest absolute Gasteiger partial charge is 0.354 e. The molecule has 0 aliphatic rings. The Balaban J connectivity index is 2.07. The molecule has 0 radical (unpaired) electrons. The van der Waals surface area contributed by atoms with E-state index in [2.05, 4.69) is 10.3 Å². The van der Waals surface area contributed by atoms with Crippen LogP contribution in [0.15, 0.2) is 42.6 Å². The fraction of sp³-hybridized carbons (Fsp3) is 0.278. The van der Waals surface area contributed by atoms with Gasteiger partial charge in [0.2, 0.25) is 0 Å². The molecule has 1 aromatic carbocycles. The van der Waals surface area contributed by atoms with E-state index in [9.17, 15) is 14.0 Å². The van der Waals surface area contributed by atoms with Gasteiger partial charge in [-0.15, -0.1) is 0 Å². The molecule has 0 saturated heterocycles. The monoisotopic (exact) mass is 330 g/mol. The molecule has 0 saturated carbocycles. The van der Waals surface area contributed by atoms with E-state index in [1.165, 1.54) is 30.5 Å². The molecule has 0 aliphatic carbocycles. The van der Waals surface area contributed by atoms with Crippen LogP contribution in [0.3, 0.4) is 0 Å². The van der Waals surface area contributed by atoms with Crippen molar-refractivity contribution in [3.8, 4) is 0 Å². The van der Waals surface area contributed by atoms with Crippen LogP contribution < -0.4 is 5.32 Å². The first-order chi connectivity index (χ1) is 11.4. The molecule has 0 fully saturated rings. The van der Waals surface area contributed by atoms with Crippen LogP contribution in [-0.4, -0.2) is 28.0 Å². The van der Waals surface area contributed by atoms with Gasteiger partial charge in [-0.3, -0.25) is 4.79 Å². The van der Waals surface area contributed by atoms with E-state index >= 15 is 0 Å². The molecule has 5 nitrogen and oxygen atoms in total. The Morgan fingerprint density at radius 2 is 1.83 bits per heavy atom. The van der Waals surface area contributed by atoms with Gasteiger partial charge in [-0.1, -0.05) is 26.0 Å². The minimum Gasteiger partial charge on any atom is -0.477 e. The van der Waals surface area contributed by atoms with Gasteiger partial charge < -0.3 is 10.4 Å². The summed E-state index contributed by atoms with van der Waals surface area (Å²) in [6.45, 7) is 3.97. The molecular weight excluding hydrogens is 311 g/mol. The van der Waals surface area contributed by atoms with Gasteiger partial charge in [-0.2, -0.15) is 0 Å². The van der Waals surface area contributed by atoms with Crippen LogP contribution in [0.5, 0.6) is 0 Å². The number of aromatic nitrogens is 1. The molecule has 1 atom stereocenters. The van der Waals surface area contributed by atoms with Gasteiger partial charge in [0.05, 0.1) is 5.56 Å². The van der Waals surface area contributed by atoms with Gasteiger partial charge in [0.15, 0.2) is 0 Å². The summed E-state index contributed by atoms with van der Waals surface area (Å²) >= 11 is 0. The number of benzene rings is 1. The van der Waals surface area contributed by atoms with Gasteiger partial charge in [0.1, 0.15) is 11.5 Å². The van der Waals surface area contributed by atoms with Crippen molar-refractivity contribution in [1.29, 1.82) is 0 Å². The predicted molar refractivity (Wildman–Crippen MR) is 87.4 cm³/mol. The number of carbonyl (C=O) groups is 2. The lowest BCUT2D eigenvalue weighted by Crippen LogP contribution is -2.40. The third kappa shape index (κ3) is 4.62. The number of aromatic carboxylic acids is 1. The first-order valence-corrected chi connectivity index (χ1v) is 7.61. The van der Waals surface area contributed by atoms with E-state index in [1.54, 1.807) is 12.1 Å². The highest BCUT2D eigenvalue weighted by molar-refractivity contribution is 5.95. The first-order valence-electron chi connectivity index (χ1n) is 7.61. The lowest BCUT2D eigenvalue weighted by atomic mass is 9.96. The Morgan fingerprint density at radius 1 is 1.17 bits per heavy atom. The number of nitrogens with zero attached hydrogens (tertiary/aromatic N) is 1. The summed E-state index contributed by atoms with van der Waals surface area (Å²) < 4.78 is 13.0. The number of nitrogens with one attached hydrogen (secondary N) is 1. The van der Waals surface area contributed by atoms with Gasteiger partial charge in [0.25, 0.3) is 5.91 Å². The van der Waals surface area contributed by atoms with Crippen molar-refractivity contribution < 1.29 is 19.1 Å². The van der Waals surface area contributed by atoms with Crippen molar-refractivity contribution in [2.75, 3.05) is 0 Å². The van der Waals surface area contributed by atoms with E-state index in [4.69, 9.17) is 5.11 Å². The van der Waals surface area contributed by atoms with Crippen LogP contribution in [0.2, 0.25) is 0 Å². The van der Waals surface area contributed by atoms with Crippen molar-refractivity contribution in [2.45, 2.75) is 26.3 Å². The zero-order chi connectivity index (χ0) is 17.7. The van der Waals surface area contributed by atoms with Crippen LogP contribution in [0.25, 0.3) is 0 Å². The number of rotatable bonds is 6. The van der Waals surface area contributed by atoms with E-state index in [1.807, 2.05) is 13.8 Å². The molecule has 0 aliphatic heterocycles. The Labute approximate surface area is 139 Å². The van der Waals surface area contributed by atoms with E-state index in [0.29, 0.717) is 12.0 Å². The SMILES string of the molecule is CC(C)C(Cc1ccc(F)cc1)NC(=O)c1ccc(C(=O)O)nc1. The van der Waals surface area contributed by atoms with Crippen LogP contribution in [-0.2, 0) is 6.42 Å². The Hall–Kier alpha value is -2.76. The Bertz CT molecular complexity index is 712. The Morgan fingerprint density at radius 3 is 2.33 bits per heavy atom. The Kier molecular flexibility index (Phi) is 5.63. The fourth-order valence-electron chi connectivity index (χ4n) is 2.23. The van der Waals surface area contributed by atoms with E-state index < -0.39 is 5.97 Å². The number of hydrogen-bond acceptors (Lipinski definition) is 3. The van der Waals surface area contributed by atoms with Crippen LogP contribution in [0, 0.1) is 11.7 Å². The number of carboxylic acid groups (broad SMARTS) is 1. The van der Waals surface area contributed by atoms with Crippen LogP contribution >= 0.6 is 0 Å². The molecule has 0 spiro atoms. The maximum Gasteiger partial charge on any atom is 0.354 e. The molecule has 126 valence electrons. The molecule has 1 amide bonds. The standard InChI is InChI=1S/C18H19FN2O3/c1-11(2)16(9-12-3-6-14(19)7-4-12)21-17(22)13-5-8-15(18(23)24)20-10-13/h3-8,10-11,16H,9H2,1-2H3,(H,21,22)(H,23,24). The number of carboxylic acids is 1. The van der Waals surface area contributed by atoms with Crippen molar-refractivity contribution >= 4 is 11.9 Å². The number of halogens is 1. The number of hydrogen-bond donors (Lipinski definition) is 2.